The monoisotopic (exact) mass is 291 g/mol. The van der Waals surface area contributed by atoms with Crippen LogP contribution >= 0.6 is 11.8 Å². The first kappa shape index (κ1) is 15.1. The Hall–Kier alpha value is -1.33. The molecule has 20 heavy (non-hydrogen) atoms. The molecular weight excluding hydrogens is 270 g/mol. The van der Waals surface area contributed by atoms with Crippen molar-refractivity contribution >= 4 is 11.8 Å². The molecule has 2 N–H and O–H groups in total. The van der Waals surface area contributed by atoms with Crippen molar-refractivity contribution in [1.29, 1.82) is 0 Å². The Morgan fingerprint density at radius 1 is 1.35 bits per heavy atom. The molecule has 0 aliphatic carbocycles. The second-order valence-electron chi connectivity index (χ2n) is 5.10. The van der Waals surface area contributed by atoms with Crippen molar-refractivity contribution in [2.45, 2.75) is 44.2 Å². The minimum atomic E-state index is -0.180. The van der Waals surface area contributed by atoms with E-state index in [1.165, 1.54) is 11.1 Å². The largest absolute Gasteiger partial charge is 0.414 e. The summed E-state index contributed by atoms with van der Waals surface area (Å²) in [7, 11) is 0. The number of benzene rings is 1. The predicted octanol–water partition coefficient (Wildman–Crippen LogP) is 3.72. The Morgan fingerprint density at radius 2 is 2.15 bits per heavy atom. The van der Waals surface area contributed by atoms with Gasteiger partial charge in [-0.15, -0.1) is 10.2 Å². The molecule has 0 aliphatic rings. The number of hydrogen-bond acceptors (Lipinski definition) is 5. The zero-order valence-corrected chi connectivity index (χ0v) is 13.0. The summed E-state index contributed by atoms with van der Waals surface area (Å²) in [5, 5.41) is 8.69. The van der Waals surface area contributed by atoms with Gasteiger partial charge in [-0.3, -0.25) is 0 Å². The van der Waals surface area contributed by atoms with Gasteiger partial charge < -0.3 is 10.2 Å². The normalized spacial score (nSPS) is 14.2. The molecule has 1 heterocycles. The maximum absolute atomic E-state index is 6.08. The summed E-state index contributed by atoms with van der Waals surface area (Å²) in [6.07, 6.45) is 0.995. The van der Waals surface area contributed by atoms with E-state index in [9.17, 15) is 0 Å². The second kappa shape index (κ2) is 6.90. The summed E-state index contributed by atoms with van der Waals surface area (Å²) in [6, 6.07) is 8.23. The van der Waals surface area contributed by atoms with E-state index in [2.05, 4.69) is 55.2 Å². The first-order valence-corrected chi connectivity index (χ1v) is 7.86. The molecule has 0 fully saturated rings. The molecule has 5 heteroatoms. The fraction of sp³-hybridized carbons (Fsp3) is 0.467. The molecule has 0 aliphatic heterocycles. The number of nitrogens with zero attached hydrogens (tertiary/aromatic N) is 2. The van der Waals surface area contributed by atoms with Crippen molar-refractivity contribution in [3.05, 3.63) is 41.3 Å². The van der Waals surface area contributed by atoms with Gasteiger partial charge in [-0.1, -0.05) is 61.9 Å². The van der Waals surface area contributed by atoms with Crippen molar-refractivity contribution in [2.24, 2.45) is 11.7 Å². The van der Waals surface area contributed by atoms with E-state index in [0.717, 1.165) is 12.2 Å². The minimum Gasteiger partial charge on any atom is -0.414 e. The number of thioether (sulfide) groups is 1. The number of aryl methyl sites for hydroxylation is 1. The van der Waals surface area contributed by atoms with E-state index in [-0.39, 0.29) is 6.04 Å². The van der Waals surface area contributed by atoms with Gasteiger partial charge in [-0.2, -0.15) is 0 Å². The maximum Gasteiger partial charge on any atom is 0.276 e. The van der Waals surface area contributed by atoms with Crippen LogP contribution in [0, 0.1) is 12.8 Å². The van der Waals surface area contributed by atoms with Gasteiger partial charge >= 0.3 is 0 Å². The third kappa shape index (κ3) is 3.84. The van der Waals surface area contributed by atoms with Gasteiger partial charge in [0.15, 0.2) is 0 Å². The van der Waals surface area contributed by atoms with Crippen molar-refractivity contribution in [3.63, 3.8) is 0 Å². The summed E-state index contributed by atoms with van der Waals surface area (Å²) in [5.41, 5.74) is 8.59. The van der Waals surface area contributed by atoms with Crippen LogP contribution < -0.4 is 5.73 Å². The molecule has 0 bridgehead atoms. The lowest BCUT2D eigenvalue weighted by molar-refractivity contribution is 0.333. The Labute approximate surface area is 124 Å². The Kier molecular flexibility index (Phi) is 5.20. The lowest BCUT2D eigenvalue weighted by atomic mass is 10.0. The average molecular weight is 291 g/mol. The molecule has 1 aromatic carbocycles. The van der Waals surface area contributed by atoms with E-state index in [0.29, 0.717) is 17.0 Å². The molecular formula is C15H21N3OS. The van der Waals surface area contributed by atoms with Crippen molar-refractivity contribution < 1.29 is 4.42 Å². The third-order valence-corrected chi connectivity index (χ3v) is 4.30. The van der Waals surface area contributed by atoms with E-state index >= 15 is 0 Å². The first-order valence-electron chi connectivity index (χ1n) is 6.87. The third-order valence-electron chi connectivity index (χ3n) is 3.41. The topological polar surface area (TPSA) is 64.9 Å². The van der Waals surface area contributed by atoms with Crippen LogP contribution in [0.15, 0.2) is 33.9 Å². The number of aromatic nitrogens is 2. The van der Waals surface area contributed by atoms with Crippen molar-refractivity contribution in [2.75, 3.05) is 0 Å². The average Bonchev–Trinajstić information content (AvgIpc) is 2.92. The van der Waals surface area contributed by atoms with Crippen molar-refractivity contribution in [1.82, 2.24) is 10.2 Å². The Bertz CT molecular complexity index is 556. The number of nitrogens with two attached hydrogens (primary N) is 1. The molecule has 2 aromatic rings. The van der Waals surface area contributed by atoms with Crippen LogP contribution in [0.2, 0.25) is 0 Å². The van der Waals surface area contributed by atoms with Crippen LogP contribution in [-0.2, 0) is 5.75 Å². The minimum absolute atomic E-state index is 0.180. The Morgan fingerprint density at radius 3 is 2.85 bits per heavy atom. The predicted molar refractivity (Wildman–Crippen MR) is 81.4 cm³/mol. The van der Waals surface area contributed by atoms with Gasteiger partial charge in [-0.05, 0) is 18.4 Å². The summed E-state index contributed by atoms with van der Waals surface area (Å²) in [5.74, 6) is 1.69. The highest BCUT2D eigenvalue weighted by molar-refractivity contribution is 7.98. The van der Waals surface area contributed by atoms with E-state index in [4.69, 9.17) is 10.2 Å². The smallest absolute Gasteiger partial charge is 0.276 e. The van der Waals surface area contributed by atoms with E-state index in [1.54, 1.807) is 11.8 Å². The lowest BCUT2D eigenvalue weighted by Crippen LogP contribution is -2.18. The summed E-state index contributed by atoms with van der Waals surface area (Å²) < 4.78 is 5.64. The highest BCUT2D eigenvalue weighted by Crippen LogP contribution is 2.26. The maximum atomic E-state index is 6.08. The van der Waals surface area contributed by atoms with E-state index < -0.39 is 0 Å². The summed E-state index contributed by atoms with van der Waals surface area (Å²) >= 11 is 1.54. The van der Waals surface area contributed by atoms with Crippen LogP contribution in [0.5, 0.6) is 0 Å². The molecule has 4 nitrogen and oxygen atoms in total. The fourth-order valence-electron chi connectivity index (χ4n) is 1.86. The van der Waals surface area contributed by atoms with Crippen LogP contribution in [0.3, 0.4) is 0 Å². The van der Waals surface area contributed by atoms with Crippen molar-refractivity contribution in [3.8, 4) is 0 Å². The fourth-order valence-corrected chi connectivity index (χ4v) is 2.57. The summed E-state index contributed by atoms with van der Waals surface area (Å²) in [6.45, 7) is 6.28. The van der Waals surface area contributed by atoms with Crippen LogP contribution in [0.25, 0.3) is 0 Å². The van der Waals surface area contributed by atoms with Gasteiger partial charge in [0.2, 0.25) is 5.89 Å². The van der Waals surface area contributed by atoms with E-state index in [1.807, 2.05) is 0 Å². The quantitative estimate of drug-likeness (QED) is 0.822. The molecule has 0 amide bonds. The molecule has 2 rings (SSSR count). The standard InChI is InChI=1S/C15H21N3OS/c1-4-11(3)13(16)14-17-18-15(19-14)20-9-12-7-5-6-10(2)8-12/h5-8,11,13H,4,9,16H2,1-3H3/t11-,13+/m1/s1. The molecule has 0 spiro atoms. The second-order valence-corrected chi connectivity index (χ2v) is 6.02. The zero-order chi connectivity index (χ0) is 14.5. The van der Waals surface area contributed by atoms with Gasteiger partial charge in [0.05, 0.1) is 6.04 Å². The summed E-state index contributed by atoms with van der Waals surface area (Å²) in [4.78, 5) is 0. The van der Waals surface area contributed by atoms with Crippen LogP contribution in [0.1, 0.15) is 43.3 Å². The number of hydrogen-bond donors (Lipinski definition) is 1. The van der Waals surface area contributed by atoms with Gasteiger partial charge in [-0.25, -0.2) is 0 Å². The Balaban J connectivity index is 1.96. The lowest BCUT2D eigenvalue weighted by Gasteiger charge is -2.13. The first-order chi connectivity index (χ1) is 9.60. The molecule has 1 aromatic heterocycles. The zero-order valence-electron chi connectivity index (χ0n) is 12.2. The number of rotatable bonds is 6. The highest BCUT2D eigenvalue weighted by Gasteiger charge is 2.19. The molecule has 0 unspecified atom stereocenters. The van der Waals surface area contributed by atoms with Gasteiger partial charge in [0.1, 0.15) is 0 Å². The van der Waals surface area contributed by atoms with Crippen LogP contribution in [-0.4, -0.2) is 10.2 Å². The molecule has 108 valence electrons. The molecule has 2 atom stereocenters. The highest BCUT2D eigenvalue weighted by atomic mass is 32.2. The van der Waals surface area contributed by atoms with Gasteiger partial charge in [0, 0.05) is 5.75 Å². The molecule has 0 saturated carbocycles. The molecule has 0 saturated heterocycles. The van der Waals surface area contributed by atoms with Gasteiger partial charge in [0.25, 0.3) is 5.22 Å². The SMILES string of the molecule is CC[C@@H](C)[C@H](N)c1nnc(SCc2cccc(C)c2)o1. The van der Waals surface area contributed by atoms with Crippen LogP contribution in [0.4, 0.5) is 0 Å². The molecule has 0 radical (unpaired) electrons.